The molecule has 34 heavy (non-hydrogen) atoms. The molecule has 178 valence electrons. The van der Waals surface area contributed by atoms with E-state index >= 15 is 0 Å². The summed E-state index contributed by atoms with van der Waals surface area (Å²) in [7, 11) is 3.19. The molecule has 0 spiro atoms. The molecule has 6 nitrogen and oxygen atoms in total. The van der Waals surface area contributed by atoms with Crippen LogP contribution in [0.15, 0.2) is 78.9 Å². The third-order valence-corrected chi connectivity index (χ3v) is 5.72. The van der Waals surface area contributed by atoms with Crippen molar-refractivity contribution in [3.05, 3.63) is 95.6 Å². The molecule has 0 heterocycles. The number of hydrogen-bond donors (Lipinski definition) is 1. The highest BCUT2D eigenvalue weighted by atomic mass is 16.5. The van der Waals surface area contributed by atoms with E-state index < -0.39 is 6.04 Å². The first-order chi connectivity index (χ1) is 16.5. The molecule has 3 aromatic rings. The van der Waals surface area contributed by atoms with Gasteiger partial charge in [0.2, 0.25) is 11.8 Å². The Kier molecular flexibility index (Phi) is 9.09. The molecule has 3 rings (SSSR count). The Labute approximate surface area is 201 Å². The lowest BCUT2D eigenvalue weighted by Crippen LogP contribution is -2.48. The van der Waals surface area contributed by atoms with Crippen LogP contribution in [0, 0.1) is 0 Å². The summed E-state index contributed by atoms with van der Waals surface area (Å²) < 4.78 is 10.6. The second kappa shape index (κ2) is 12.4. The Morgan fingerprint density at radius 3 is 2.06 bits per heavy atom. The van der Waals surface area contributed by atoms with E-state index in [4.69, 9.17) is 9.47 Å². The fourth-order valence-electron chi connectivity index (χ4n) is 3.75. The minimum Gasteiger partial charge on any atom is -0.493 e. The molecule has 1 atom stereocenters. The molecule has 2 amide bonds. The van der Waals surface area contributed by atoms with Gasteiger partial charge in [0.05, 0.1) is 20.6 Å². The standard InChI is InChI=1S/C28H32N2O4/c1-21(28(32)29-17-16-23-14-15-25(33-2)26(18-23)34-3)30(20-24-12-8-5-9-13-24)27(31)19-22-10-6-4-7-11-22/h4-15,18,21H,16-17,19-20H2,1-3H3,(H,29,32). The number of methoxy groups -OCH3 is 2. The number of hydrogen-bond acceptors (Lipinski definition) is 4. The Bertz CT molecular complexity index is 1070. The summed E-state index contributed by atoms with van der Waals surface area (Å²) in [6.45, 7) is 2.60. The van der Waals surface area contributed by atoms with Gasteiger partial charge in [-0.05, 0) is 42.2 Å². The number of amides is 2. The normalized spacial score (nSPS) is 11.4. The van der Waals surface area contributed by atoms with Crippen LogP contribution in [0.5, 0.6) is 11.5 Å². The molecule has 0 aromatic heterocycles. The maximum atomic E-state index is 13.2. The topological polar surface area (TPSA) is 67.9 Å². The summed E-state index contributed by atoms with van der Waals surface area (Å²) in [4.78, 5) is 27.9. The van der Waals surface area contributed by atoms with Gasteiger partial charge in [-0.15, -0.1) is 0 Å². The zero-order chi connectivity index (χ0) is 24.3. The number of carbonyl (C=O) groups is 2. The SMILES string of the molecule is COc1ccc(CCNC(=O)C(C)N(Cc2ccccc2)C(=O)Cc2ccccc2)cc1OC. The van der Waals surface area contributed by atoms with Gasteiger partial charge in [0, 0.05) is 13.1 Å². The lowest BCUT2D eigenvalue weighted by Gasteiger charge is -2.29. The molecule has 3 aromatic carbocycles. The van der Waals surface area contributed by atoms with Crippen LogP contribution in [0.1, 0.15) is 23.6 Å². The first-order valence-electron chi connectivity index (χ1n) is 11.4. The van der Waals surface area contributed by atoms with E-state index in [-0.39, 0.29) is 18.2 Å². The smallest absolute Gasteiger partial charge is 0.242 e. The molecular weight excluding hydrogens is 428 g/mol. The minimum absolute atomic E-state index is 0.0856. The van der Waals surface area contributed by atoms with Gasteiger partial charge in [-0.3, -0.25) is 9.59 Å². The van der Waals surface area contributed by atoms with E-state index in [1.165, 1.54) is 0 Å². The van der Waals surface area contributed by atoms with Crippen molar-refractivity contribution >= 4 is 11.8 Å². The van der Waals surface area contributed by atoms with Crippen molar-refractivity contribution in [2.45, 2.75) is 32.4 Å². The zero-order valence-corrected chi connectivity index (χ0v) is 20.0. The molecule has 0 fully saturated rings. The quantitative estimate of drug-likeness (QED) is 0.469. The highest BCUT2D eigenvalue weighted by Gasteiger charge is 2.26. The van der Waals surface area contributed by atoms with Crippen LogP contribution in [-0.2, 0) is 29.0 Å². The third-order valence-electron chi connectivity index (χ3n) is 5.72. The number of ether oxygens (including phenoxy) is 2. The monoisotopic (exact) mass is 460 g/mol. The minimum atomic E-state index is -0.609. The summed E-state index contributed by atoms with van der Waals surface area (Å²) in [5.41, 5.74) is 2.92. The van der Waals surface area contributed by atoms with Gasteiger partial charge in [0.25, 0.3) is 0 Å². The van der Waals surface area contributed by atoms with E-state index in [0.717, 1.165) is 16.7 Å². The molecule has 0 aliphatic heterocycles. The second-order valence-electron chi connectivity index (χ2n) is 8.08. The molecular formula is C28H32N2O4. The van der Waals surface area contributed by atoms with Crippen molar-refractivity contribution in [3.63, 3.8) is 0 Å². The van der Waals surface area contributed by atoms with E-state index in [9.17, 15) is 9.59 Å². The van der Waals surface area contributed by atoms with Gasteiger partial charge >= 0.3 is 0 Å². The Morgan fingerprint density at radius 2 is 1.44 bits per heavy atom. The summed E-state index contributed by atoms with van der Waals surface area (Å²) in [6.07, 6.45) is 0.881. The summed E-state index contributed by atoms with van der Waals surface area (Å²) in [6, 6.07) is 24.4. The fourth-order valence-corrected chi connectivity index (χ4v) is 3.75. The first kappa shape index (κ1) is 24.8. The summed E-state index contributed by atoms with van der Waals surface area (Å²) >= 11 is 0. The number of nitrogens with zero attached hydrogens (tertiary/aromatic N) is 1. The van der Waals surface area contributed by atoms with Gasteiger partial charge in [0.1, 0.15) is 6.04 Å². The molecule has 6 heteroatoms. The highest BCUT2D eigenvalue weighted by Crippen LogP contribution is 2.27. The largest absolute Gasteiger partial charge is 0.493 e. The van der Waals surface area contributed by atoms with Crippen LogP contribution in [-0.4, -0.2) is 43.5 Å². The van der Waals surface area contributed by atoms with E-state index in [2.05, 4.69) is 5.32 Å². The average molecular weight is 461 g/mol. The number of nitrogens with one attached hydrogen (secondary N) is 1. The van der Waals surface area contributed by atoms with Crippen molar-refractivity contribution in [1.29, 1.82) is 0 Å². The molecule has 0 saturated heterocycles. The second-order valence-corrected chi connectivity index (χ2v) is 8.08. The predicted octanol–water partition coefficient (Wildman–Crippen LogP) is 4.02. The van der Waals surface area contributed by atoms with Gasteiger partial charge in [-0.1, -0.05) is 66.7 Å². The van der Waals surface area contributed by atoms with Crippen LogP contribution in [0.2, 0.25) is 0 Å². The fraction of sp³-hybridized carbons (Fsp3) is 0.286. The number of rotatable bonds is 11. The lowest BCUT2D eigenvalue weighted by molar-refractivity contribution is -0.140. The zero-order valence-electron chi connectivity index (χ0n) is 20.0. The molecule has 1 N–H and O–H groups in total. The van der Waals surface area contributed by atoms with Crippen LogP contribution in [0.3, 0.4) is 0 Å². The van der Waals surface area contributed by atoms with Gasteiger partial charge in [0.15, 0.2) is 11.5 Å². The van der Waals surface area contributed by atoms with Crippen LogP contribution in [0.4, 0.5) is 0 Å². The van der Waals surface area contributed by atoms with Gasteiger partial charge in [-0.2, -0.15) is 0 Å². The first-order valence-corrected chi connectivity index (χ1v) is 11.4. The Balaban J connectivity index is 1.65. The highest BCUT2D eigenvalue weighted by molar-refractivity contribution is 5.88. The molecule has 0 bridgehead atoms. The Hall–Kier alpha value is -3.80. The summed E-state index contributed by atoms with van der Waals surface area (Å²) in [5, 5.41) is 2.98. The average Bonchev–Trinajstić information content (AvgIpc) is 2.87. The van der Waals surface area contributed by atoms with Crippen molar-refractivity contribution in [2.75, 3.05) is 20.8 Å². The van der Waals surface area contributed by atoms with E-state index in [1.54, 1.807) is 26.0 Å². The van der Waals surface area contributed by atoms with Crippen molar-refractivity contribution < 1.29 is 19.1 Å². The van der Waals surface area contributed by atoms with Gasteiger partial charge < -0.3 is 19.7 Å². The van der Waals surface area contributed by atoms with Crippen molar-refractivity contribution in [2.24, 2.45) is 0 Å². The number of carbonyl (C=O) groups excluding carboxylic acids is 2. The van der Waals surface area contributed by atoms with E-state index in [0.29, 0.717) is 31.0 Å². The van der Waals surface area contributed by atoms with Crippen molar-refractivity contribution in [1.82, 2.24) is 10.2 Å². The maximum absolute atomic E-state index is 13.2. The predicted molar refractivity (Wildman–Crippen MR) is 133 cm³/mol. The molecule has 0 aliphatic rings. The number of benzene rings is 3. The maximum Gasteiger partial charge on any atom is 0.242 e. The molecule has 0 aliphatic carbocycles. The lowest BCUT2D eigenvalue weighted by atomic mass is 10.1. The summed E-state index contributed by atoms with van der Waals surface area (Å²) in [5.74, 6) is 1.05. The molecule has 1 unspecified atom stereocenters. The van der Waals surface area contributed by atoms with Crippen LogP contribution < -0.4 is 14.8 Å². The Morgan fingerprint density at radius 1 is 0.824 bits per heavy atom. The molecule has 0 saturated carbocycles. The van der Waals surface area contributed by atoms with Gasteiger partial charge in [-0.25, -0.2) is 0 Å². The molecule has 0 radical (unpaired) electrons. The van der Waals surface area contributed by atoms with Crippen LogP contribution in [0.25, 0.3) is 0 Å². The van der Waals surface area contributed by atoms with Crippen molar-refractivity contribution in [3.8, 4) is 11.5 Å². The third kappa shape index (κ3) is 6.85. The van der Waals surface area contributed by atoms with E-state index in [1.807, 2.05) is 78.9 Å². The van der Waals surface area contributed by atoms with Crippen LogP contribution >= 0.6 is 0 Å².